The molecule has 0 unspecified atom stereocenters. The third kappa shape index (κ3) is 3.21. The Morgan fingerprint density at radius 1 is 1.55 bits per heavy atom. The van der Waals surface area contributed by atoms with Gasteiger partial charge in [-0.15, -0.1) is 0 Å². The summed E-state index contributed by atoms with van der Waals surface area (Å²) in [5.74, 6) is -1.73. The number of carboxylic acid groups (broad SMARTS) is 1. The normalized spacial score (nSPS) is 18.9. The van der Waals surface area contributed by atoms with Gasteiger partial charge in [-0.25, -0.2) is 9.97 Å². The minimum Gasteiger partial charge on any atom is -0.481 e. The fourth-order valence-corrected chi connectivity index (χ4v) is 2.62. The Hall–Kier alpha value is -1.34. The van der Waals surface area contributed by atoms with Crippen molar-refractivity contribution in [1.29, 1.82) is 0 Å². The fourth-order valence-electron chi connectivity index (χ4n) is 2.11. The van der Waals surface area contributed by atoms with Crippen LogP contribution in [0.15, 0.2) is 11.4 Å². The number of carboxylic acids is 1. The molecule has 0 aromatic carbocycles. The van der Waals surface area contributed by atoms with Gasteiger partial charge >= 0.3 is 5.97 Å². The van der Waals surface area contributed by atoms with Gasteiger partial charge in [-0.3, -0.25) is 9.59 Å². The lowest BCUT2D eigenvalue weighted by molar-refractivity contribution is -0.143. The summed E-state index contributed by atoms with van der Waals surface area (Å²) in [6.45, 7) is 0.723. The van der Waals surface area contributed by atoms with Crippen molar-refractivity contribution < 1.29 is 14.7 Å². The second-order valence-corrected chi connectivity index (χ2v) is 5.66. The third-order valence-corrected chi connectivity index (χ3v) is 4.00. The molecule has 0 saturated carbocycles. The Balaban J connectivity index is 2.20. The molecule has 1 fully saturated rings. The smallest absolute Gasteiger partial charge is 0.308 e. The molecule has 1 aromatic rings. The molecular formula is C12H14ClN3O3S. The maximum atomic E-state index is 12.4. The van der Waals surface area contributed by atoms with Crippen LogP contribution >= 0.6 is 23.4 Å². The van der Waals surface area contributed by atoms with Gasteiger partial charge in [0.05, 0.1) is 17.1 Å². The largest absolute Gasteiger partial charge is 0.481 e. The first kappa shape index (κ1) is 15.1. The average Bonchev–Trinajstić information content (AvgIpc) is 2.47. The third-order valence-electron chi connectivity index (χ3n) is 3.16. The molecule has 0 bridgehead atoms. The van der Waals surface area contributed by atoms with Gasteiger partial charge in [-0.2, -0.15) is 0 Å². The molecule has 6 nitrogen and oxygen atoms in total. The fraction of sp³-hybridized carbons (Fsp3) is 0.500. The summed E-state index contributed by atoms with van der Waals surface area (Å²) in [6.07, 6.45) is 4.46. The van der Waals surface area contributed by atoms with Gasteiger partial charge in [0.2, 0.25) is 0 Å². The summed E-state index contributed by atoms with van der Waals surface area (Å²) < 4.78 is 0. The number of hydrogen-bond acceptors (Lipinski definition) is 5. The number of carbonyl (C=O) groups is 2. The van der Waals surface area contributed by atoms with Crippen molar-refractivity contribution in [1.82, 2.24) is 14.9 Å². The summed E-state index contributed by atoms with van der Waals surface area (Å²) >= 11 is 7.28. The predicted molar refractivity (Wildman–Crippen MR) is 75.1 cm³/mol. The SMILES string of the molecule is CSc1ncc(Cl)c(C(=O)N2CCC[C@H](C(=O)O)C2)n1. The van der Waals surface area contributed by atoms with Gasteiger partial charge in [-0.1, -0.05) is 23.4 Å². The van der Waals surface area contributed by atoms with E-state index >= 15 is 0 Å². The predicted octanol–water partition coefficient (Wildman–Crippen LogP) is 1.79. The van der Waals surface area contributed by atoms with Crippen LogP contribution in [-0.4, -0.2) is 51.2 Å². The number of likely N-dealkylation sites (tertiary alicyclic amines) is 1. The molecule has 2 rings (SSSR count). The second kappa shape index (κ2) is 6.41. The van der Waals surface area contributed by atoms with E-state index in [0.29, 0.717) is 24.5 Å². The van der Waals surface area contributed by atoms with E-state index in [9.17, 15) is 9.59 Å². The molecule has 1 aliphatic heterocycles. The molecule has 1 amide bonds. The molecule has 20 heavy (non-hydrogen) atoms. The molecule has 1 aliphatic rings. The number of aliphatic carboxylic acids is 1. The Labute approximate surface area is 125 Å². The number of hydrogen-bond donors (Lipinski definition) is 1. The first-order valence-corrected chi connectivity index (χ1v) is 7.71. The van der Waals surface area contributed by atoms with Crippen molar-refractivity contribution in [3.63, 3.8) is 0 Å². The molecule has 0 aliphatic carbocycles. The standard InChI is InChI=1S/C12H14ClN3O3S/c1-20-12-14-5-8(13)9(15-12)10(17)16-4-2-3-7(6-16)11(18)19/h5,7H,2-4,6H2,1H3,(H,18,19)/t7-/m0/s1. The lowest BCUT2D eigenvalue weighted by Gasteiger charge is -2.30. The topological polar surface area (TPSA) is 83.4 Å². The summed E-state index contributed by atoms with van der Waals surface area (Å²) in [6, 6.07) is 0. The van der Waals surface area contributed by atoms with Crippen LogP contribution in [-0.2, 0) is 4.79 Å². The van der Waals surface area contributed by atoms with Crippen LogP contribution in [0.3, 0.4) is 0 Å². The van der Waals surface area contributed by atoms with Crippen molar-refractivity contribution >= 4 is 35.2 Å². The van der Waals surface area contributed by atoms with E-state index < -0.39 is 11.9 Å². The second-order valence-electron chi connectivity index (χ2n) is 4.48. The maximum Gasteiger partial charge on any atom is 0.308 e. The quantitative estimate of drug-likeness (QED) is 0.676. The van der Waals surface area contributed by atoms with Gasteiger partial charge < -0.3 is 10.0 Å². The van der Waals surface area contributed by atoms with Crippen LogP contribution in [0.2, 0.25) is 5.02 Å². The van der Waals surface area contributed by atoms with E-state index in [1.54, 1.807) is 6.26 Å². The molecular weight excluding hydrogens is 302 g/mol. The van der Waals surface area contributed by atoms with Crippen LogP contribution in [0.1, 0.15) is 23.3 Å². The van der Waals surface area contributed by atoms with Gasteiger partial charge in [0.1, 0.15) is 0 Å². The maximum absolute atomic E-state index is 12.4. The molecule has 0 radical (unpaired) electrons. The Kier molecular flexibility index (Phi) is 4.82. The van der Waals surface area contributed by atoms with Gasteiger partial charge in [0.15, 0.2) is 10.9 Å². The highest BCUT2D eigenvalue weighted by molar-refractivity contribution is 7.98. The number of carbonyl (C=O) groups excluding carboxylic acids is 1. The molecule has 8 heteroatoms. The summed E-state index contributed by atoms with van der Waals surface area (Å²) in [5, 5.41) is 9.70. The van der Waals surface area contributed by atoms with E-state index in [2.05, 4.69) is 9.97 Å². The number of aromatic nitrogens is 2. The summed E-state index contributed by atoms with van der Waals surface area (Å²) in [4.78, 5) is 33.0. The number of halogens is 1. The zero-order valence-corrected chi connectivity index (χ0v) is 12.4. The number of rotatable bonds is 3. The molecule has 2 heterocycles. The van der Waals surface area contributed by atoms with Crippen LogP contribution in [0.25, 0.3) is 0 Å². The van der Waals surface area contributed by atoms with Crippen LogP contribution < -0.4 is 0 Å². The highest BCUT2D eigenvalue weighted by atomic mass is 35.5. The first-order chi connectivity index (χ1) is 9.52. The van der Waals surface area contributed by atoms with Gasteiger partial charge in [-0.05, 0) is 19.1 Å². The Morgan fingerprint density at radius 3 is 2.95 bits per heavy atom. The van der Waals surface area contributed by atoms with Crippen LogP contribution in [0.4, 0.5) is 0 Å². The van der Waals surface area contributed by atoms with Crippen molar-refractivity contribution in [3.05, 3.63) is 16.9 Å². The van der Waals surface area contributed by atoms with E-state index in [0.717, 1.165) is 0 Å². The summed E-state index contributed by atoms with van der Waals surface area (Å²) in [7, 11) is 0. The lowest BCUT2D eigenvalue weighted by Crippen LogP contribution is -2.42. The number of thioether (sulfide) groups is 1. The molecule has 108 valence electrons. The molecule has 0 spiro atoms. The van der Waals surface area contributed by atoms with E-state index in [1.165, 1.54) is 22.9 Å². The van der Waals surface area contributed by atoms with Crippen LogP contribution in [0.5, 0.6) is 0 Å². The molecule has 1 atom stereocenters. The number of piperidine rings is 1. The molecule has 1 aromatic heterocycles. The minimum absolute atomic E-state index is 0.136. The van der Waals surface area contributed by atoms with E-state index in [1.807, 2.05) is 0 Å². The lowest BCUT2D eigenvalue weighted by atomic mass is 9.98. The van der Waals surface area contributed by atoms with E-state index in [4.69, 9.17) is 16.7 Å². The minimum atomic E-state index is -0.874. The molecule has 1 N–H and O–H groups in total. The highest BCUT2D eigenvalue weighted by Gasteiger charge is 2.30. The number of nitrogens with zero attached hydrogens (tertiary/aromatic N) is 3. The van der Waals surface area contributed by atoms with Crippen molar-refractivity contribution in [2.45, 2.75) is 18.0 Å². The van der Waals surface area contributed by atoms with Crippen LogP contribution in [0, 0.1) is 5.92 Å². The van der Waals surface area contributed by atoms with Crippen molar-refractivity contribution in [2.75, 3.05) is 19.3 Å². The Bertz CT molecular complexity index is 541. The monoisotopic (exact) mass is 315 g/mol. The average molecular weight is 316 g/mol. The number of amides is 1. The highest BCUT2D eigenvalue weighted by Crippen LogP contribution is 2.22. The first-order valence-electron chi connectivity index (χ1n) is 6.11. The zero-order valence-electron chi connectivity index (χ0n) is 10.9. The van der Waals surface area contributed by atoms with Crippen molar-refractivity contribution in [2.24, 2.45) is 5.92 Å². The Morgan fingerprint density at radius 2 is 2.30 bits per heavy atom. The molecule has 1 saturated heterocycles. The zero-order chi connectivity index (χ0) is 14.7. The van der Waals surface area contributed by atoms with Gasteiger partial charge in [0, 0.05) is 13.1 Å². The van der Waals surface area contributed by atoms with Gasteiger partial charge in [0.25, 0.3) is 5.91 Å². The van der Waals surface area contributed by atoms with E-state index in [-0.39, 0.29) is 23.2 Å². The summed E-state index contributed by atoms with van der Waals surface area (Å²) in [5.41, 5.74) is 0.136. The van der Waals surface area contributed by atoms with Crippen molar-refractivity contribution in [3.8, 4) is 0 Å².